The molecule has 2 aromatic heterocycles. The highest BCUT2D eigenvalue weighted by atomic mass is 79.9. The van der Waals surface area contributed by atoms with Gasteiger partial charge in [0.15, 0.2) is 0 Å². The van der Waals surface area contributed by atoms with Crippen LogP contribution in [0, 0.1) is 0 Å². The number of hydrogen-bond donors (Lipinski definition) is 1. The number of rotatable bonds is 4. The minimum atomic E-state index is -0.136. The maximum absolute atomic E-state index is 12.0. The predicted octanol–water partition coefficient (Wildman–Crippen LogP) is 1.86. The topological polar surface area (TPSA) is 59.8 Å². The fraction of sp³-hybridized carbons (Fsp3) is 0.250. The molecule has 94 valence electrons. The van der Waals surface area contributed by atoms with Crippen LogP contribution in [0.4, 0.5) is 0 Å². The first-order chi connectivity index (χ1) is 8.66. The van der Waals surface area contributed by atoms with Crippen molar-refractivity contribution in [1.82, 2.24) is 19.9 Å². The maximum atomic E-state index is 12.0. The Balaban J connectivity index is 1.97. The molecule has 2 heterocycles. The lowest BCUT2D eigenvalue weighted by molar-refractivity contribution is 0.0935. The molecule has 1 atom stereocenters. The Kier molecular flexibility index (Phi) is 4.09. The van der Waals surface area contributed by atoms with E-state index in [1.54, 1.807) is 30.9 Å². The number of amides is 1. The summed E-state index contributed by atoms with van der Waals surface area (Å²) in [4.78, 5) is 20.0. The monoisotopic (exact) mass is 308 g/mol. The number of imidazole rings is 1. The van der Waals surface area contributed by atoms with Gasteiger partial charge in [-0.15, -0.1) is 0 Å². The Morgan fingerprint density at radius 2 is 2.39 bits per heavy atom. The molecule has 2 aromatic rings. The molecular formula is C12H13BrN4O. The lowest BCUT2D eigenvalue weighted by atomic mass is 10.2. The van der Waals surface area contributed by atoms with Gasteiger partial charge in [0.05, 0.1) is 11.9 Å². The zero-order valence-electron chi connectivity index (χ0n) is 9.88. The fourth-order valence-electron chi connectivity index (χ4n) is 1.61. The zero-order chi connectivity index (χ0) is 13.0. The summed E-state index contributed by atoms with van der Waals surface area (Å²) >= 11 is 3.26. The molecule has 0 saturated carbocycles. The van der Waals surface area contributed by atoms with Gasteiger partial charge < -0.3 is 9.88 Å². The van der Waals surface area contributed by atoms with Crippen LogP contribution in [0.2, 0.25) is 0 Å². The van der Waals surface area contributed by atoms with Crippen LogP contribution in [-0.2, 0) is 6.54 Å². The van der Waals surface area contributed by atoms with Crippen molar-refractivity contribution in [3.63, 3.8) is 0 Å². The molecule has 6 heteroatoms. The van der Waals surface area contributed by atoms with Gasteiger partial charge >= 0.3 is 0 Å². The SMILES string of the molecule is CC(Cn1ccnc1)NC(=O)c1cccnc1Br. The molecule has 1 amide bonds. The molecule has 0 aromatic carbocycles. The van der Waals surface area contributed by atoms with E-state index in [-0.39, 0.29) is 11.9 Å². The van der Waals surface area contributed by atoms with Gasteiger partial charge in [0, 0.05) is 31.2 Å². The number of nitrogens with one attached hydrogen (secondary N) is 1. The minimum Gasteiger partial charge on any atom is -0.348 e. The number of hydrogen-bond acceptors (Lipinski definition) is 3. The van der Waals surface area contributed by atoms with Crippen molar-refractivity contribution >= 4 is 21.8 Å². The summed E-state index contributed by atoms with van der Waals surface area (Å²) in [6.07, 6.45) is 6.94. The summed E-state index contributed by atoms with van der Waals surface area (Å²) in [5.74, 6) is -0.136. The van der Waals surface area contributed by atoms with Crippen LogP contribution >= 0.6 is 15.9 Å². The van der Waals surface area contributed by atoms with Crippen molar-refractivity contribution in [3.8, 4) is 0 Å². The summed E-state index contributed by atoms with van der Waals surface area (Å²) in [6.45, 7) is 2.63. The molecule has 1 unspecified atom stereocenters. The van der Waals surface area contributed by atoms with E-state index in [1.807, 2.05) is 17.7 Å². The number of pyridine rings is 1. The molecule has 2 rings (SSSR count). The molecule has 1 N–H and O–H groups in total. The smallest absolute Gasteiger partial charge is 0.254 e. The van der Waals surface area contributed by atoms with Crippen molar-refractivity contribution in [2.45, 2.75) is 19.5 Å². The van der Waals surface area contributed by atoms with Gasteiger partial charge in [-0.1, -0.05) is 0 Å². The van der Waals surface area contributed by atoms with E-state index in [9.17, 15) is 4.79 Å². The molecule has 0 aliphatic carbocycles. The number of carbonyl (C=O) groups is 1. The standard InChI is InChI=1S/C12H13BrN4O/c1-9(7-17-6-5-14-8-17)16-12(18)10-3-2-4-15-11(10)13/h2-6,8-9H,7H2,1H3,(H,16,18). The summed E-state index contributed by atoms with van der Waals surface area (Å²) in [7, 11) is 0. The second-order valence-electron chi connectivity index (χ2n) is 3.98. The molecule has 0 radical (unpaired) electrons. The third kappa shape index (κ3) is 3.16. The van der Waals surface area contributed by atoms with Gasteiger partial charge in [0.1, 0.15) is 4.60 Å². The Morgan fingerprint density at radius 1 is 1.56 bits per heavy atom. The molecular weight excluding hydrogens is 296 g/mol. The summed E-state index contributed by atoms with van der Waals surface area (Å²) in [5, 5.41) is 2.92. The molecule has 5 nitrogen and oxygen atoms in total. The molecule has 0 bridgehead atoms. The molecule has 18 heavy (non-hydrogen) atoms. The largest absolute Gasteiger partial charge is 0.348 e. The number of halogens is 1. The lowest BCUT2D eigenvalue weighted by Gasteiger charge is -2.14. The number of nitrogens with zero attached hydrogens (tertiary/aromatic N) is 3. The minimum absolute atomic E-state index is 0.0128. The van der Waals surface area contributed by atoms with E-state index in [0.717, 1.165) is 0 Å². The first-order valence-electron chi connectivity index (χ1n) is 5.54. The molecule has 0 spiro atoms. The van der Waals surface area contributed by atoms with Crippen LogP contribution in [-0.4, -0.2) is 26.5 Å². The predicted molar refractivity (Wildman–Crippen MR) is 71.1 cm³/mol. The van der Waals surface area contributed by atoms with Crippen LogP contribution in [0.5, 0.6) is 0 Å². The van der Waals surface area contributed by atoms with Crippen molar-refractivity contribution < 1.29 is 4.79 Å². The third-order valence-electron chi connectivity index (χ3n) is 2.43. The molecule has 0 fully saturated rings. The van der Waals surface area contributed by atoms with E-state index in [0.29, 0.717) is 16.7 Å². The highest BCUT2D eigenvalue weighted by Gasteiger charge is 2.13. The Morgan fingerprint density at radius 3 is 3.06 bits per heavy atom. The first-order valence-corrected chi connectivity index (χ1v) is 6.33. The summed E-state index contributed by atoms with van der Waals surface area (Å²) < 4.78 is 2.47. The average molecular weight is 309 g/mol. The third-order valence-corrected chi connectivity index (χ3v) is 3.06. The van der Waals surface area contributed by atoms with E-state index < -0.39 is 0 Å². The van der Waals surface area contributed by atoms with Gasteiger partial charge in [0.2, 0.25) is 0 Å². The second-order valence-corrected chi connectivity index (χ2v) is 4.73. The van der Waals surface area contributed by atoms with Gasteiger partial charge in [-0.05, 0) is 35.0 Å². The van der Waals surface area contributed by atoms with Crippen LogP contribution in [0.25, 0.3) is 0 Å². The van der Waals surface area contributed by atoms with Crippen LogP contribution in [0.3, 0.4) is 0 Å². The van der Waals surface area contributed by atoms with Crippen molar-refractivity contribution in [1.29, 1.82) is 0 Å². The Hall–Kier alpha value is -1.69. The van der Waals surface area contributed by atoms with E-state index in [2.05, 4.69) is 31.2 Å². The lowest BCUT2D eigenvalue weighted by Crippen LogP contribution is -2.35. The number of aromatic nitrogens is 3. The highest BCUT2D eigenvalue weighted by Crippen LogP contribution is 2.12. The Labute approximate surface area is 113 Å². The van der Waals surface area contributed by atoms with E-state index >= 15 is 0 Å². The van der Waals surface area contributed by atoms with E-state index in [1.165, 1.54) is 0 Å². The fourth-order valence-corrected chi connectivity index (χ4v) is 2.04. The van der Waals surface area contributed by atoms with Crippen molar-refractivity contribution in [2.24, 2.45) is 0 Å². The molecule has 0 aliphatic rings. The van der Waals surface area contributed by atoms with Gasteiger partial charge in [-0.2, -0.15) is 0 Å². The number of carbonyl (C=O) groups excluding carboxylic acids is 1. The van der Waals surface area contributed by atoms with Gasteiger partial charge in [-0.25, -0.2) is 9.97 Å². The molecule has 0 saturated heterocycles. The van der Waals surface area contributed by atoms with E-state index in [4.69, 9.17) is 0 Å². The van der Waals surface area contributed by atoms with Gasteiger partial charge in [-0.3, -0.25) is 4.79 Å². The van der Waals surface area contributed by atoms with Crippen molar-refractivity contribution in [2.75, 3.05) is 0 Å². The zero-order valence-corrected chi connectivity index (χ0v) is 11.5. The Bertz CT molecular complexity index is 527. The average Bonchev–Trinajstić information content (AvgIpc) is 2.82. The van der Waals surface area contributed by atoms with Crippen LogP contribution in [0.1, 0.15) is 17.3 Å². The van der Waals surface area contributed by atoms with Crippen LogP contribution < -0.4 is 5.32 Å². The maximum Gasteiger partial charge on any atom is 0.254 e. The van der Waals surface area contributed by atoms with Gasteiger partial charge in [0.25, 0.3) is 5.91 Å². The summed E-state index contributed by atoms with van der Waals surface area (Å²) in [6, 6.07) is 3.48. The second kappa shape index (κ2) is 5.77. The van der Waals surface area contributed by atoms with Crippen molar-refractivity contribution in [3.05, 3.63) is 47.2 Å². The molecule has 0 aliphatic heterocycles. The first kappa shape index (κ1) is 12.8. The summed E-state index contributed by atoms with van der Waals surface area (Å²) in [5.41, 5.74) is 0.537. The van der Waals surface area contributed by atoms with Crippen LogP contribution in [0.15, 0.2) is 41.7 Å². The normalized spacial score (nSPS) is 12.1. The highest BCUT2D eigenvalue weighted by molar-refractivity contribution is 9.10. The quantitative estimate of drug-likeness (QED) is 0.877.